The smallest absolute Gasteiger partial charge is 0.387 e. The number of halogens is 2. The van der Waals surface area contributed by atoms with Gasteiger partial charge in [0.2, 0.25) is 5.91 Å². The van der Waals surface area contributed by atoms with Crippen LogP contribution in [0.25, 0.3) is 0 Å². The molecule has 1 aliphatic rings. The number of nitrogens with one attached hydrogen (secondary N) is 1. The number of aliphatic carboxylic acids is 1. The van der Waals surface area contributed by atoms with Gasteiger partial charge in [-0.1, -0.05) is 12.1 Å². The Balaban J connectivity index is 1.95. The maximum atomic E-state index is 12.4. The molecular formula is C16H18F2N2O5. The molecule has 0 bridgehead atoms. The molecule has 2 amide bonds. The Morgan fingerprint density at radius 3 is 2.64 bits per heavy atom. The van der Waals surface area contributed by atoms with Crippen LogP contribution in [0.1, 0.15) is 23.7 Å². The van der Waals surface area contributed by atoms with Crippen LogP contribution in [0.15, 0.2) is 24.3 Å². The van der Waals surface area contributed by atoms with Gasteiger partial charge in [-0.15, -0.1) is 0 Å². The number of hydrogen-bond acceptors (Lipinski definition) is 4. The molecule has 136 valence electrons. The molecule has 1 saturated heterocycles. The normalized spacial score (nSPS) is 19.8. The Labute approximate surface area is 142 Å². The minimum Gasteiger partial charge on any atom is -0.481 e. The summed E-state index contributed by atoms with van der Waals surface area (Å²) in [6, 6.07) is 5.45. The number of carbonyl (C=O) groups excluding carboxylic acids is 2. The zero-order valence-corrected chi connectivity index (χ0v) is 13.5. The van der Waals surface area contributed by atoms with Crippen molar-refractivity contribution in [2.45, 2.75) is 20.0 Å². The summed E-state index contributed by atoms with van der Waals surface area (Å²) >= 11 is 0. The van der Waals surface area contributed by atoms with Crippen LogP contribution in [0, 0.1) is 5.41 Å². The Morgan fingerprint density at radius 2 is 2.04 bits per heavy atom. The Kier molecular flexibility index (Phi) is 5.55. The molecule has 1 aliphatic heterocycles. The van der Waals surface area contributed by atoms with E-state index in [2.05, 4.69) is 10.1 Å². The van der Waals surface area contributed by atoms with Gasteiger partial charge in [-0.2, -0.15) is 8.78 Å². The molecule has 0 spiro atoms. The van der Waals surface area contributed by atoms with Crippen LogP contribution in [0.4, 0.5) is 8.78 Å². The Bertz CT molecular complexity index is 682. The van der Waals surface area contributed by atoms with Gasteiger partial charge in [0, 0.05) is 13.1 Å². The van der Waals surface area contributed by atoms with E-state index < -0.39 is 29.8 Å². The van der Waals surface area contributed by atoms with E-state index in [0.29, 0.717) is 6.42 Å². The van der Waals surface area contributed by atoms with Gasteiger partial charge in [-0.05, 0) is 25.5 Å². The summed E-state index contributed by atoms with van der Waals surface area (Å²) in [5, 5.41) is 11.5. The van der Waals surface area contributed by atoms with Crippen LogP contribution < -0.4 is 10.1 Å². The predicted molar refractivity (Wildman–Crippen MR) is 82.3 cm³/mol. The molecule has 1 aromatic carbocycles. The number of hydrogen-bond donors (Lipinski definition) is 2. The van der Waals surface area contributed by atoms with Crippen molar-refractivity contribution >= 4 is 17.8 Å². The number of amides is 2. The topological polar surface area (TPSA) is 95.9 Å². The minimum absolute atomic E-state index is 0.0577. The van der Waals surface area contributed by atoms with Crippen LogP contribution in [0.2, 0.25) is 0 Å². The second-order valence-corrected chi connectivity index (χ2v) is 5.99. The molecule has 1 unspecified atom stereocenters. The van der Waals surface area contributed by atoms with Crippen LogP contribution in [-0.4, -0.2) is 54.0 Å². The standard InChI is InChI=1S/C16H18F2N2O5/c1-16(14(23)24)6-7-20(9-16)12(21)8-19-13(22)10-4-2-3-5-11(10)25-15(17)18/h2-5,15H,6-9H2,1H3,(H,19,22)(H,23,24). The van der Waals surface area contributed by atoms with Gasteiger partial charge in [0.15, 0.2) is 0 Å². The van der Waals surface area contributed by atoms with Crippen molar-refractivity contribution in [1.29, 1.82) is 0 Å². The zero-order chi connectivity index (χ0) is 18.6. The molecule has 0 saturated carbocycles. The molecule has 9 heteroatoms. The third kappa shape index (κ3) is 4.43. The van der Waals surface area contributed by atoms with E-state index in [1.165, 1.54) is 29.2 Å². The minimum atomic E-state index is -3.08. The molecule has 0 radical (unpaired) electrons. The number of nitrogens with zero attached hydrogens (tertiary/aromatic N) is 1. The summed E-state index contributed by atoms with van der Waals surface area (Å²) < 4.78 is 29.0. The van der Waals surface area contributed by atoms with Crippen molar-refractivity contribution in [1.82, 2.24) is 10.2 Å². The number of rotatable bonds is 6. The fourth-order valence-corrected chi connectivity index (χ4v) is 2.56. The van der Waals surface area contributed by atoms with Crippen molar-refractivity contribution in [3.05, 3.63) is 29.8 Å². The number of carbonyl (C=O) groups is 3. The van der Waals surface area contributed by atoms with Gasteiger partial charge >= 0.3 is 12.6 Å². The average molecular weight is 356 g/mol. The monoisotopic (exact) mass is 356 g/mol. The molecule has 25 heavy (non-hydrogen) atoms. The molecule has 2 N–H and O–H groups in total. The van der Waals surface area contributed by atoms with Gasteiger partial charge in [0.1, 0.15) is 5.75 Å². The maximum Gasteiger partial charge on any atom is 0.387 e. The molecule has 1 aromatic rings. The molecule has 2 rings (SSSR count). The molecule has 1 atom stereocenters. The van der Waals surface area contributed by atoms with Gasteiger partial charge in [-0.3, -0.25) is 14.4 Å². The molecule has 1 heterocycles. The lowest BCUT2D eigenvalue weighted by Crippen LogP contribution is -2.41. The second-order valence-electron chi connectivity index (χ2n) is 5.99. The van der Waals surface area contributed by atoms with Crippen LogP contribution in [0.3, 0.4) is 0 Å². The number of carboxylic acid groups (broad SMARTS) is 1. The van der Waals surface area contributed by atoms with Crippen LogP contribution in [-0.2, 0) is 9.59 Å². The first-order valence-corrected chi connectivity index (χ1v) is 7.56. The third-order valence-electron chi connectivity index (χ3n) is 4.09. The number of benzene rings is 1. The Hall–Kier alpha value is -2.71. The summed E-state index contributed by atoms with van der Waals surface area (Å²) in [4.78, 5) is 36.8. The first-order valence-electron chi connectivity index (χ1n) is 7.56. The molecule has 7 nitrogen and oxygen atoms in total. The van der Waals surface area contributed by atoms with Gasteiger partial charge in [-0.25, -0.2) is 0 Å². The lowest BCUT2D eigenvalue weighted by atomic mass is 9.90. The van der Waals surface area contributed by atoms with Gasteiger partial charge < -0.3 is 20.1 Å². The summed E-state index contributed by atoms with van der Waals surface area (Å²) in [5.41, 5.74) is -1.12. The quantitative estimate of drug-likeness (QED) is 0.802. The largest absolute Gasteiger partial charge is 0.481 e. The van der Waals surface area contributed by atoms with E-state index in [1.807, 2.05) is 0 Å². The number of carboxylic acids is 1. The summed E-state index contributed by atoms with van der Waals surface area (Å²) in [7, 11) is 0. The fourth-order valence-electron chi connectivity index (χ4n) is 2.56. The SMILES string of the molecule is CC1(C(=O)O)CCN(C(=O)CNC(=O)c2ccccc2OC(F)F)C1. The summed E-state index contributed by atoms with van der Waals surface area (Å²) in [6.07, 6.45) is 0.326. The summed E-state index contributed by atoms with van der Waals surface area (Å²) in [5.74, 6) is -2.44. The van der Waals surface area contributed by atoms with E-state index in [9.17, 15) is 23.2 Å². The van der Waals surface area contributed by atoms with Crippen molar-refractivity contribution in [2.24, 2.45) is 5.41 Å². The number of likely N-dealkylation sites (tertiary alicyclic amines) is 1. The van der Waals surface area contributed by atoms with E-state index in [4.69, 9.17) is 5.11 Å². The number of para-hydroxylation sites is 1. The maximum absolute atomic E-state index is 12.4. The molecule has 0 aliphatic carbocycles. The van der Waals surface area contributed by atoms with Gasteiger partial charge in [0.25, 0.3) is 5.91 Å². The number of ether oxygens (including phenoxy) is 1. The zero-order valence-electron chi connectivity index (χ0n) is 13.5. The molecule has 1 fully saturated rings. The molecule has 0 aromatic heterocycles. The van der Waals surface area contributed by atoms with Crippen molar-refractivity contribution in [3.63, 3.8) is 0 Å². The fraction of sp³-hybridized carbons (Fsp3) is 0.438. The first kappa shape index (κ1) is 18.6. The van der Waals surface area contributed by atoms with E-state index in [1.54, 1.807) is 6.92 Å². The average Bonchev–Trinajstić information content (AvgIpc) is 2.96. The van der Waals surface area contributed by atoms with Crippen LogP contribution >= 0.6 is 0 Å². The lowest BCUT2D eigenvalue weighted by molar-refractivity contribution is -0.147. The lowest BCUT2D eigenvalue weighted by Gasteiger charge is -2.20. The second kappa shape index (κ2) is 7.45. The van der Waals surface area contributed by atoms with Crippen LogP contribution in [0.5, 0.6) is 5.75 Å². The van der Waals surface area contributed by atoms with Crippen molar-refractivity contribution < 1.29 is 33.0 Å². The number of alkyl halides is 2. The van der Waals surface area contributed by atoms with Gasteiger partial charge in [0.05, 0.1) is 17.5 Å². The van der Waals surface area contributed by atoms with E-state index in [0.717, 1.165) is 0 Å². The third-order valence-corrected chi connectivity index (χ3v) is 4.09. The Morgan fingerprint density at radius 1 is 1.36 bits per heavy atom. The molecular weight excluding hydrogens is 338 g/mol. The van der Waals surface area contributed by atoms with E-state index >= 15 is 0 Å². The highest BCUT2D eigenvalue weighted by Gasteiger charge is 2.42. The van der Waals surface area contributed by atoms with E-state index in [-0.39, 0.29) is 30.9 Å². The predicted octanol–water partition coefficient (Wildman–Crippen LogP) is 1.34. The highest BCUT2D eigenvalue weighted by Crippen LogP contribution is 2.30. The summed E-state index contributed by atoms with van der Waals surface area (Å²) in [6.45, 7) is -1.55. The van der Waals surface area contributed by atoms with Crippen molar-refractivity contribution in [3.8, 4) is 5.75 Å². The van der Waals surface area contributed by atoms with Crippen molar-refractivity contribution in [2.75, 3.05) is 19.6 Å². The highest BCUT2D eigenvalue weighted by atomic mass is 19.3. The highest BCUT2D eigenvalue weighted by molar-refractivity contribution is 5.98. The first-order chi connectivity index (χ1) is 11.7.